The quantitative estimate of drug-likeness (QED) is 0.946. The minimum absolute atomic E-state index is 0.0962. The van der Waals surface area contributed by atoms with Gasteiger partial charge >= 0.3 is 0 Å². The first kappa shape index (κ1) is 15.2. The third kappa shape index (κ3) is 3.23. The van der Waals surface area contributed by atoms with Gasteiger partial charge in [0.05, 0.1) is 11.6 Å². The van der Waals surface area contributed by atoms with E-state index >= 15 is 0 Å². The second kappa shape index (κ2) is 6.20. The van der Waals surface area contributed by atoms with E-state index < -0.39 is 11.7 Å². The van der Waals surface area contributed by atoms with Gasteiger partial charge in [0.15, 0.2) is 0 Å². The van der Waals surface area contributed by atoms with Gasteiger partial charge in [-0.15, -0.1) is 0 Å². The summed E-state index contributed by atoms with van der Waals surface area (Å²) in [6.07, 6.45) is 0.133. The normalized spacial score (nSPS) is 17.4. The van der Waals surface area contributed by atoms with E-state index in [1.807, 2.05) is 37.3 Å². The number of amides is 2. The van der Waals surface area contributed by atoms with Gasteiger partial charge in [0.1, 0.15) is 5.82 Å². The number of benzene rings is 2. The van der Waals surface area contributed by atoms with Crippen LogP contribution in [-0.2, 0) is 9.59 Å². The molecule has 0 bridgehead atoms. The van der Waals surface area contributed by atoms with Crippen LogP contribution in [0.25, 0.3) is 0 Å². The number of nitrogens with one attached hydrogen (secondary N) is 1. The van der Waals surface area contributed by atoms with Crippen molar-refractivity contribution in [2.45, 2.75) is 13.3 Å². The molecule has 2 amide bonds. The maximum atomic E-state index is 13.7. The van der Waals surface area contributed by atoms with E-state index in [2.05, 4.69) is 5.32 Å². The first-order valence-corrected chi connectivity index (χ1v) is 7.47. The van der Waals surface area contributed by atoms with Gasteiger partial charge in [-0.25, -0.2) is 4.39 Å². The van der Waals surface area contributed by atoms with Gasteiger partial charge in [-0.1, -0.05) is 24.3 Å². The second-order valence-electron chi connectivity index (χ2n) is 5.71. The van der Waals surface area contributed by atoms with E-state index in [1.165, 1.54) is 6.07 Å². The first-order chi connectivity index (χ1) is 11.0. The fourth-order valence-electron chi connectivity index (χ4n) is 2.71. The van der Waals surface area contributed by atoms with Crippen LogP contribution in [0.1, 0.15) is 12.0 Å². The van der Waals surface area contributed by atoms with Crippen molar-refractivity contribution in [3.63, 3.8) is 0 Å². The van der Waals surface area contributed by atoms with Crippen molar-refractivity contribution in [2.24, 2.45) is 5.92 Å². The molecule has 1 saturated heterocycles. The van der Waals surface area contributed by atoms with Crippen LogP contribution < -0.4 is 10.2 Å². The maximum Gasteiger partial charge on any atom is 0.229 e. The van der Waals surface area contributed by atoms with Gasteiger partial charge in [-0.05, 0) is 36.8 Å². The number of nitrogens with zero attached hydrogens (tertiary/aromatic N) is 1. The molecule has 2 aromatic carbocycles. The Morgan fingerprint density at radius 1 is 1.22 bits per heavy atom. The van der Waals surface area contributed by atoms with Crippen LogP contribution in [0.4, 0.5) is 15.8 Å². The minimum atomic E-state index is -0.484. The lowest BCUT2D eigenvalue weighted by Gasteiger charge is -2.16. The molecule has 1 atom stereocenters. The van der Waals surface area contributed by atoms with E-state index in [0.717, 1.165) is 11.3 Å². The molecule has 5 heteroatoms. The van der Waals surface area contributed by atoms with Crippen LogP contribution in [0.5, 0.6) is 0 Å². The lowest BCUT2D eigenvalue weighted by molar-refractivity contribution is -0.122. The fourth-order valence-corrected chi connectivity index (χ4v) is 2.71. The molecule has 0 aliphatic carbocycles. The Balaban J connectivity index is 1.72. The largest absolute Gasteiger partial charge is 0.323 e. The molecule has 4 nitrogen and oxygen atoms in total. The average Bonchev–Trinajstić information content (AvgIpc) is 2.94. The number of carbonyl (C=O) groups is 2. The number of carbonyl (C=O) groups excluding carboxylic acids is 2. The Morgan fingerprint density at radius 2 is 1.96 bits per heavy atom. The number of anilines is 2. The van der Waals surface area contributed by atoms with Crippen LogP contribution in [-0.4, -0.2) is 18.4 Å². The van der Waals surface area contributed by atoms with Crippen molar-refractivity contribution in [1.29, 1.82) is 0 Å². The van der Waals surface area contributed by atoms with Crippen molar-refractivity contribution >= 4 is 23.2 Å². The molecule has 1 aliphatic heterocycles. The molecule has 1 heterocycles. The number of rotatable bonds is 3. The number of hydrogen-bond acceptors (Lipinski definition) is 2. The molecule has 118 valence electrons. The number of halogens is 1. The molecule has 3 rings (SSSR count). The van der Waals surface area contributed by atoms with Gasteiger partial charge in [0.2, 0.25) is 11.8 Å². The number of aryl methyl sites for hydroxylation is 1. The zero-order valence-corrected chi connectivity index (χ0v) is 12.8. The summed E-state index contributed by atoms with van der Waals surface area (Å²) in [6.45, 7) is 2.13. The van der Waals surface area contributed by atoms with Crippen LogP contribution >= 0.6 is 0 Å². The Kier molecular flexibility index (Phi) is 4.10. The topological polar surface area (TPSA) is 49.4 Å². The molecule has 0 radical (unpaired) electrons. The molecule has 0 saturated carbocycles. The van der Waals surface area contributed by atoms with Crippen molar-refractivity contribution in [1.82, 2.24) is 0 Å². The smallest absolute Gasteiger partial charge is 0.229 e. The maximum absolute atomic E-state index is 13.7. The van der Waals surface area contributed by atoms with Gasteiger partial charge in [0, 0.05) is 18.7 Å². The van der Waals surface area contributed by atoms with E-state index in [0.29, 0.717) is 6.54 Å². The highest BCUT2D eigenvalue weighted by molar-refractivity contribution is 6.03. The molecule has 2 aromatic rings. The van der Waals surface area contributed by atoms with Gasteiger partial charge in [-0.3, -0.25) is 9.59 Å². The predicted molar refractivity (Wildman–Crippen MR) is 86.7 cm³/mol. The third-order valence-corrected chi connectivity index (χ3v) is 3.94. The lowest BCUT2D eigenvalue weighted by atomic mass is 10.1. The van der Waals surface area contributed by atoms with E-state index in [9.17, 15) is 14.0 Å². The highest BCUT2D eigenvalue weighted by Crippen LogP contribution is 2.26. The number of hydrogen-bond donors (Lipinski definition) is 1. The van der Waals surface area contributed by atoms with Crippen molar-refractivity contribution in [2.75, 3.05) is 16.8 Å². The third-order valence-electron chi connectivity index (χ3n) is 3.94. The Labute approximate surface area is 133 Å². The van der Waals surface area contributed by atoms with Crippen LogP contribution in [0.3, 0.4) is 0 Å². The fraction of sp³-hybridized carbons (Fsp3) is 0.222. The molecular weight excluding hydrogens is 295 g/mol. The van der Waals surface area contributed by atoms with E-state index in [4.69, 9.17) is 0 Å². The van der Waals surface area contributed by atoms with Gasteiger partial charge in [-0.2, -0.15) is 0 Å². The summed E-state index contributed by atoms with van der Waals surface area (Å²) in [5.74, 6) is -1.39. The minimum Gasteiger partial charge on any atom is -0.323 e. The molecule has 23 heavy (non-hydrogen) atoms. The van der Waals surface area contributed by atoms with Crippen molar-refractivity contribution < 1.29 is 14.0 Å². The van der Waals surface area contributed by atoms with E-state index in [-0.39, 0.29) is 23.9 Å². The molecule has 1 aliphatic rings. The Morgan fingerprint density at radius 3 is 2.70 bits per heavy atom. The molecular formula is C18H17FN2O2. The number of para-hydroxylation sites is 1. The zero-order valence-electron chi connectivity index (χ0n) is 12.8. The predicted octanol–water partition coefficient (Wildman–Crippen LogP) is 3.13. The second-order valence-corrected chi connectivity index (χ2v) is 5.71. The molecule has 0 unspecified atom stereocenters. The summed E-state index contributed by atoms with van der Waals surface area (Å²) in [7, 11) is 0. The monoisotopic (exact) mass is 312 g/mol. The van der Waals surface area contributed by atoms with Gasteiger partial charge in [0.25, 0.3) is 0 Å². The molecule has 1 fully saturated rings. The van der Waals surface area contributed by atoms with Crippen molar-refractivity contribution in [3.8, 4) is 0 Å². The van der Waals surface area contributed by atoms with Crippen LogP contribution in [0.15, 0.2) is 48.5 Å². The van der Waals surface area contributed by atoms with Crippen molar-refractivity contribution in [3.05, 3.63) is 59.9 Å². The average molecular weight is 312 g/mol. The molecule has 0 spiro atoms. The lowest BCUT2D eigenvalue weighted by Crippen LogP contribution is -2.28. The summed E-state index contributed by atoms with van der Waals surface area (Å²) < 4.78 is 13.7. The first-order valence-electron chi connectivity index (χ1n) is 7.47. The summed E-state index contributed by atoms with van der Waals surface area (Å²) >= 11 is 0. The van der Waals surface area contributed by atoms with E-state index in [1.54, 1.807) is 17.0 Å². The SMILES string of the molecule is Cc1ccc(F)c(NC(=O)[C@@H]2CC(=O)N(c3ccccc3)C2)c1. The highest BCUT2D eigenvalue weighted by atomic mass is 19.1. The Bertz CT molecular complexity index is 746. The van der Waals surface area contributed by atoms with Gasteiger partial charge < -0.3 is 10.2 Å². The summed E-state index contributed by atoms with van der Waals surface area (Å²) in [6, 6.07) is 13.8. The zero-order chi connectivity index (χ0) is 16.4. The summed E-state index contributed by atoms with van der Waals surface area (Å²) in [5.41, 5.74) is 1.78. The highest BCUT2D eigenvalue weighted by Gasteiger charge is 2.35. The molecule has 1 N–H and O–H groups in total. The van der Waals surface area contributed by atoms with Crippen LogP contribution in [0.2, 0.25) is 0 Å². The summed E-state index contributed by atoms with van der Waals surface area (Å²) in [4.78, 5) is 26.1. The Hall–Kier alpha value is -2.69. The van der Waals surface area contributed by atoms with Crippen LogP contribution in [0, 0.1) is 18.7 Å². The molecule has 0 aromatic heterocycles. The summed E-state index contributed by atoms with van der Waals surface area (Å²) in [5, 5.41) is 2.59. The standard InChI is InChI=1S/C18H17FN2O2/c1-12-7-8-15(19)16(9-12)20-18(23)13-10-17(22)21(11-13)14-5-3-2-4-6-14/h2-9,13H,10-11H2,1H3,(H,20,23)/t13-/m1/s1.